The van der Waals surface area contributed by atoms with Crippen LogP contribution in [0.2, 0.25) is 0 Å². The van der Waals surface area contributed by atoms with Crippen molar-refractivity contribution in [1.82, 2.24) is 0 Å². The van der Waals surface area contributed by atoms with E-state index in [1.807, 2.05) is 0 Å². The van der Waals surface area contributed by atoms with Gasteiger partial charge >= 0.3 is 0 Å². The number of benzene rings is 1. The maximum Gasteiger partial charge on any atom is 0.0802 e. The van der Waals surface area contributed by atoms with Gasteiger partial charge in [0.1, 0.15) is 0 Å². The molecule has 110 valence electrons. The lowest BCUT2D eigenvalue weighted by atomic mass is 9.63. The van der Waals surface area contributed by atoms with Gasteiger partial charge in [-0.1, -0.05) is 31.2 Å². The molecule has 2 aliphatic rings. The summed E-state index contributed by atoms with van der Waals surface area (Å²) in [4.78, 5) is 0. The van der Waals surface area contributed by atoms with Crippen molar-refractivity contribution in [2.75, 3.05) is 13.2 Å². The lowest BCUT2D eigenvalue weighted by molar-refractivity contribution is -0.141. The second-order valence-corrected chi connectivity index (χ2v) is 6.33. The molecular weight excluding hydrogens is 250 g/mol. The van der Waals surface area contributed by atoms with E-state index in [-0.39, 0.29) is 11.5 Å². The summed E-state index contributed by atoms with van der Waals surface area (Å²) >= 11 is 0. The Morgan fingerprint density at radius 3 is 2.90 bits per heavy atom. The summed E-state index contributed by atoms with van der Waals surface area (Å²) in [5.41, 5.74) is 7.78. The minimum absolute atomic E-state index is 0.157. The molecule has 1 heterocycles. The van der Waals surface area contributed by atoms with Crippen LogP contribution in [0.1, 0.15) is 43.7 Å². The van der Waals surface area contributed by atoms with Crippen molar-refractivity contribution >= 4 is 0 Å². The number of fused-ring (bicyclic) bond motifs is 1. The molecule has 0 bridgehead atoms. The van der Waals surface area contributed by atoms with Crippen molar-refractivity contribution < 1.29 is 9.84 Å². The maximum absolute atomic E-state index is 11.4. The third-order valence-electron chi connectivity index (χ3n) is 5.48. The van der Waals surface area contributed by atoms with Crippen LogP contribution in [-0.4, -0.2) is 30.0 Å². The Bertz CT molecular complexity index is 490. The predicted molar refractivity (Wildman–Crippen MR) is 79.7 cm³/mol. The zero-order valence-corrected chi connectivity index (χ0v) is 12.3. The van der Waals surface area contributed by atoms with Crippen molar-refractivity contribution in [1.29, 1.82) is 0 Å². The van der Waals surface area contributed by atoms with E-state index in [2.05, 4.69) is 31.2 Å². The second-order valence-electron chi connectivity index (χ2n) is 6.33. The number of aryl methyl sites for hydroxylation is 1. The maximum atomic E-state index is 11.4. The van der Waals surface area contributed by atoms with Gasteiger partial charge in [-0.3, -0.25) is 0 Å². The molecular formula is C17H25NO2. The largest absolute Gasteiger partial charge is 0.389 e. The monoisotopic (exact) mass is 275 g/mol. The van der Waals surface area contributed by atoms with E-state index >= 15 is 0 Å². The number of rotatable bonds is 3. The Morgan fingerprint density at radius 1 is 1.35 bits per heavy atom. The molecule has 3 unspecified atom stereocenters. The third kappa shape index (κ3) is 1.92. The number of nitrogens with two attached hydrogens (primary N) is 1. The number of ether oxygens (including phenoxy) is 1. The fourth-order valence-corrected chi connectivity index (χ4v) is 4.20. The lowest BCUT2D eigenvalue weighted by Gasteiger charge is -2.49. The summed E-state index contributed by atoms with van der Waals surface area (Å²) in [6, 6.07) is 8.47. The Morgan fingerprint density at radius 2 is 2.15 bits per heavy atom. The normalized spacial score (nSPS) is 36.9. The van der Waals surface area contributed by atoms with Gasteiger partial charge < -0.3 is 15.6 Å². The van der Waals surface area contributed by atoms with Gasteiger partial charge in [0.15, 0.2) is 0 Å². The average molecular weight is 275 g/mol. The summed E-state index contributed by atoms with van der Waals surface area (Å²) in [7, 11) is 0. The Hall–Kier alpha value is -0.900. The van der Waals surface area contributed by atoms with Crippen LogP contribution in [0.15, 0.2) is 24.3 Å². The van der Waals surface area contributed by atoms with E-state index in [1.54, 1.807) is 0 Å². The van der Waals surface area contributed by atoms with Gasteiger partial charge in [0.25, 0.3) is 0 Å². The van der Waals surface area contributed by atoms with Gasteiger partial charge in [-0.15, -0.1) is 0 Å². The smallest absolute Gasteiger partial charge is 0.0802 e. The van der Waals surface area contributed by atoms with Crippen LogP contribution in [-0.2, 0) is 16.6 Å². The first-order valence-electron chi connectivity index (χ1n) is 7.77. The first kappa shape index (κ1) is 14.1. The highest BCUT2D eigenvalue weighted by atomic mass is 16.5. The Balaban J connectivity index is 2.01. The zero-order chi connectivity index (χ0) is 14.2. The van der Waals surface area contributed by atoms with E-state index in [0.717, 1.165) is 19.3 Å². The third-order valence-corrected chi connectivity index (χ3v) is 5.48. The molecule has 1 aromatic rings. The van der Waals surface area contributed by atoms with Gasteiger partial charge in [0.2, 0.25) is 0 Å². The summed E-state index contributed by atoms with van der Waals surface area (Å²) in [6.07, 6.45) is 4.47. The molecule has 1 aromatic carbocycles. The topological polar surface area (TPSA) is 55.5 Å². The van der Waals surface area contributed by atoms with Gasteiger partial charge in [-0.25, -0.2) is 0 Å². The highest BCUT2D eigenvalue weighted by Gasteiger charge is 2.55. The molecule has 3 atom stereocenters. The standard InChI is InChI=1S/C17H25NO2/c1-2-14-11-17(19,9-10-20-14)16(12-18)8-7-13-5-3-4-6-15(13)16/h3-6,14,19H,2,7-12,18H2,1H3. The van der Waals surface area contributed by atoms with Gasteiger partial charge in [0, 0.05) is 31.4 Å². The predicted octanol–water partition coefficient (Wildman–Crippen LogP) is 2.15. The van der Waals surface area contributed by atoms with Crippen LogP contribution < -0.4 is 5.73 Å². The summed E-state index contributed by atoms with van der Waals surface area (Å²) in [5.74, 6) is 0. The Labute approximate surface area is 121 Å². The number of hydrogen-bond acceptors (Lipinski definition) is 3. The molecule has 0 amide bonds. The molecule has 20 heavy (non-hydrogen) atoms. The minimum Gasteiger partial charge on any atom is -0.389 e. The molecule has 0 spiro atoms. The van der Waals surface area contributed by atoms with Crippen molar-refractivity contribution in [3.05, 3.63) is 35.4 Å². The fraction of sp³-hybridized carbons (Fsp3) is 0.647. The molecule has 1 saturated heterocycles. The summed E-state index contributed by atoms with van der Waals surface area (Å²) < 4.78 is 5.76. The molecule has 0 aromatic heterocycles. The summed E-state index contributed by atoms with van der Waals surface area (Å²) in [6.45, 7) is 3.27. The van der Waals surface area contributed by atoms with Crippen LogP contribution in [0.3, 0.4) is 0 Å². The second kappa shape index (κ2) is 5.14. The van der Waals surface area contributed by atoms with Gasteiger partial charge in [-0.05, 0) is 30.4 Å². The number of aliphatic hydroxyl groups is 1. The molecule has 1 aliphatic carbocycles. The van der Waals surface area contributed by atoms with Crippen molar-refractivity contribution in [3.8, 4) is 0 Å². The molecule has 1 fully saturated rings. The molecule has 3 rings (SSSR count). The molecule has 3 N–H and O–H groups in total. The van der Waals surface area contributed by atoms with Crippen LogP contribution in [0, 0.1) is 0 Å². The SMILES string of the molecule is CCC1CC(O)(C2(CN)CCc3ccccc32)CCO1. The van der Waals surface area contributed by atoms with E-state index in [1.165, 1.54) is 11.1 Å². The fourth-order valence-electron chi connectivity index (χ4n) is 4.20. The van der Waals surface area contributed by atoms with Gasteiger partial charge in [-0.2, -0.15) is 0 Å². The first-order valence-corrected chi connectivity index (χ1v) is 7.77. The van der Waals surface area contributed by atoms with Crippen LogP contribution in [0.4, 0.5) is 0 Å². The van der Waals surface area contributed by atoms with E-state index < -0.39 is 5.60 Å². The van der Waals surface area contributed by atoms with E-state index in [4.69, 9.17) is 10.5 Å². The molecule has 3 heteroatoms. The van der Waals surface area contributed by atoms with E-state index in [0.29, 0.717) is 26.0 Å². The molecule has 0 radical (unpaired) electrons. The minimum atomic E-state index is -0.729. The molecule has 1 aliphatic heterocycles. The molecule has 0 saturated carbocycles. The van der Waals surface area contributed by atoms with Gasteiger partial charge in [0.05, 0.1) is 11.7 Å². The average Bonchev–Trinajstić information content (AvgIpc) is 2.88. The highest BCUT2D eigenvalue weighted by molar-refractivity contribution is 5.43. The lowest BCUT2D eigenvalue weighted by Crippen LogP contribution is -2.58. The van der Waals surface area contributed by atoms with Crippen LogP contribution >= 0.6 is 0 Å². The van der Waals surface area contributed by atoms with Crippen molar-refractivity contribution in [2.24, 2.45) is 5.73 Å². The first-order chi connectivity index (χ1) is 9.65. The van der Waals surface area contributed by atoms with Crippen LogP contribution in [0.5, 0.6) is 0 Å². The van der Waals surface area contributed by atoms with E-state index in [9.17, 15) is 5.11 Å². The van der Waals surface area contributed by atoms with Crippen LogP contribution in [0.25, 0.3) is 0 Å². The molecule has 3 nitrogen and oxygen atoms in total. The quantitative estimate of drug-likeness (QED) is 0.888. The Kier molecular flexibility index (Phi) is 3.61. The number of hydrogen-bond donors (Lipinski definition) is 2. The van der Waals surface area contributed by atoms with Crippen molar-refractivity contribution in [3.63, 3.8) is 0 Å². The zero-order valence-electron chi connectivity index (χ0n) is 12.3. The van der Waals surface area contributed by atoms with Crippen molar-refractivity contribution in [2.45, 2.75) is 56.1 Å². The summed E-state index contributed by atoms with van der Waals surface area (Å²) in [5, 5.41) is 11.4. The highest BCUT2D eigenvalue weighted by Crippen LogP contribution is 2.50.